The van der Waals surface area contributed by atoms with Gasteiger partial charge in [-0.1, -0.05) is 222 Å². The maximum atomic E-state index is 14.0. The first kappa shape index (κ1) is 107. The van der Waals surface area contributed by atoms with E-state index in [9.17, 15) is 52.7 Å². The van der Waals surface area contributed by atoms with Gasteiger partial charge < -0.3 is 66.8 Å². The van der Waals surface area contributed by atoms with Crippen molar-refractivity contribution in [2.45, 2.75) is 166 Å². The van der Waals surface area contributed by atoms with Crippen molar-refractivity contribution in [2.75, 3.05) is 68.0 Å². The number of halogens is 2. The number of nitrogens with zero attached hydrogens (tertiary/aromatic N) is 1. The summed E-state index contributed by atoms with van der Waals surface area (Å²) >= 11 is 12.5. The smallest absolute Gasteiger partial charge is 0.311 e. The summed E-state index contributed by atoms with van der Waals surface area (Å²) in [5.41, 5.74) is 17.8. The van der Waals surface area contributed by atoms with Crippen molar-refractivity contribution < 1.29 is 71.7 Å². The van der Waals surface area contributed by atoms with E-state index in [1.54, 1.807) is 129 Å². The molecule has 26 nitrogen and oxygen atoms in total. The normalized spacial score (nSPS) is 13.4. The molecule has 13 aromatic rings. The summed E-state index contributed by atoms with van der Waals surface area (Å²) in [5.74, 6) is -2.47. The number of unbranched alkanes of at least 4 members (excludes halogenated alkanes) is 2. The molecule has 0 spiro atoms. The Balaban J connectivity index is 0.000000150. The van der Waals surface area contributed by atoms with E-state index >= 15 is 0 Å². The molecule has 1 aliphatic heterocycles. The number of benzene rings is 13. The van der Waals surface area contributed by atoms with Crippen molar-refractivity contribution in [3.8, 4) is 0 Å². The highest BCUT2D eigenvalue weighted by molar-refractivity contribution is 6.37. The number of fused-ring (bicyclic) bond motifs is 8. The number of hydrogen-bond acceptors (Lipinski definition) is 25. The molecule has 0 fully saturated rings. The molecule has 0 saturated carbocycles. The van der Waals surface area contributed by atoms with Gasteiger partial charge in [0.15, 0.2) is 40.5 Å². The van der Waals surface area contributed by atoms with Gasteiger partial charge in [0, 0.05) is 103 Å². The lowest BCUT2D eigenvalue weighted by molar-refractivity contribution is -0.156. The molecule has 762 valence electrons. The van der Waals surface area contributed by atoms with E-state index < -0.39 is 22.8 Å². The van der Waals surface area contributed by atoms with Gasteiger partial charge in [0.2, 0.25) is 5.90 Å². The third-order valence-corrected chi connectivity index (χ3v) is 27.6. The highest BCUT2D eigenvalue weighted by atomic mass is 35.5. The molecular weight excluding hydrogens is 1920 g/mol. The second-order valence-electron chi connectivity index (χ2n) is 38.3. The summed E-state index contributed by atoms with van der Waals surface area (Å²) in [5, 5.41) is 37.6. The molecule has 1 amide bonds. The van der Waals surface area contributed by atoms with Crippen LogP contribution < -0.4 is 47.9 Å². The molecule has 3 unspecified atom stereocenters. The summed E-state index contributed by atoms with van der Waals surface area (Å²) in [6, 6.07) is 75.1. The molecule has 0 saturated heterocycles. The maximum Gasteiger partial charge on any atom is 0.311 e. The van der Waals surface area contributed by atoms with E-state index in [0.29, 0.717) is 153 Å². The number of esters is 3. The van der Waals surface area contributed by atoms with Crippen molar-refractivity contribution in [3.05, 3.63) is 382 Å². The van der Waals surface area contributed by atoms with Crippen molar-refractivity contribution >= 4 is 174 Å². The number of anilines is 13. The number of aryl methyl sites for hydroxylation is 1. The Labute approximate surface area is 876 Å². The van der Waals surface area contributed by atoms with Crippen LogP contribution in [0.15, 0.2) is 260 Å². The van der Waals surface area contributed by atoms with Crippen LogP contribution in [0, 0.1) is 23.2 Å². The van der Waals surface area contributed by atoms with Crippen LogP contribution >= 0.6 is 23.2 Å². The van der Waals surface area contributed by atoms with E-state index in [1.807, 2.05) is 210 Å². The van der Waals surface area contributed by atoms with Crippen molar-refractivity contribution in [3.63, 3.8) is 0 Å². The number of rotatable bonds is 33. The zero-order valence-corrected chi connectivity index (χ0v) is 86.9. The van der Waals surface area contributed by atoms with Crippen LogP contribution in [0.1, 0.15) is 282 Å². The summed E-state index contributed by atoms with van der Waals surface area (Å²) in [6.45, 7) is 24.5. The van der Waals surface area contributed by atoms with E-state index in [0.717, 1.165) is 89.2 Å². The summed E-state index contributed by atoms with van der Waals surface area (Å²) in [6.07, 6.45) is 7.83. The Bertz CT molecular complexity index is 7420. The number of carbonyl (C=O) groups excluding carboxylic acids is 11. The van der Waals surface area contributed by atoms with E-state index in [1.165, 1.54) is 6.07 Å². The van der Waals surface area contributed by atoms with Crippen LogP contribution in [0.4, 0.5) is 73.9 Å². The minimum Gasteiger partial charge on any atom is -0.477 e. The zero-order valence-electron chi connectivity index (χ0n) is 85.4. The second-order valence-corrected chi connectivity index (χ2v) is 39.1. The highest BCUT2D eigenvalue weighted by Crippen LogP contribution is 2.51. The van der Waals surface area contributed by atoms with Gasteiger partial charge in [-0.3, -0.25) is 63.1 Å². The lowest BCUT2D eigenvalue weighted by atomic mass is 9.79. The van der Waals surface area contributed by atoms with Gasteiger partial charge in [-0.25, -0.2) is 0 Å². The first-order valence-corrected chi connectivity index (χ1v) is 50.7. The fourth-order valence-electron chi connectivity index (χ4n) is 17.5. The van der Waals surface area contributed by atoms with E-state index in [-0.39, 0.29) is 113 Å². The van der Waals surface area contributed by atoms with Crippen LogP contribution in [-0.2, 0) is 53.0 Å². The molecule has 3 atom stereocenters. The summed E-state index contributed by atoms with van der Waals surface area (Å²) in [4.78, 5) is 150. The molecule has 28 heteroatoms. The molecule has 13 aromatic carbocycles. The largest absolute Gasteiger partial charge is 0.477 e. The number of hydrogen-bond donors (Lipinski definition) is 10. The highest BCUT2D eigenvalue weighted by Gasteiger charge is 2.42. The molecule has 4 aliphatic carbocycles. The molecular formula is C121H119Cl2N11O15. The van der Waals surface area contributed by atoms with Crippen LogP contribution in [0.3, 0.4) is 0 Å². The monoisotopic (exact) mass is 2040 g/mol. The van der Waals surface area contributed by atoms with E-state index in [4.69, 9.17) is 52.6 Å². The Hall–Kier alpha value is -16.5. The molecule has 0 aromatic heterocycles. The number of ether oxygens (including phenoxy) is 4. The Morgan fingerprint density at radius 1 is 0.430 bits per heavy atom. The predicted molar refractivity (Wildman–Crippen MR) is 589 cm³/mol. The topological polar surface area (TPSA) is 369 Å². The fraction of sp³-hybridized carbons (Fsp3) is 0.248. The van der Waals surface area contributed by atoms with Gasteiger partial charge in [-0.05, 0) is 212 Å². The number of ketones is 7. The zero-order chi connectivity index (χ0) is 106. The second kappa shape index (κ2) is 47.4. The van der Waals surface area contributed by atoms with Gasteiger partial charge in [-0.2, -0.15) is 0 Å². The molecule has 0 bridgehead atoms. The molecule has 18 rings (SSSR count). The van der Waals surface area contributed by atoms with Crippen molar-refractivity contribution in [1.82, 2.24) is 0 Å². The molecule has 1 heterocycles. The van der Waals surface area contributed by atoms with Crippen LogP contribution in [0.25, 0.3) is 0 Å². The quantitative estimate of drug-likeness (QED) is 0.00600. The lowest BCUT2D eigenvalue weighted by Crippen LogP contribution is -2.26. The van der Waals surface area contributed by atoms with E-state index in [2.05, 4.69) is 54.8 Å². The number of aliphatic imine (C=N–C) groups is 1. The molecule has 10 N–H and O–H groups in total. The van der Waals surface area contributed by atoms with Gasteiger partial charge in [0.25, 0.3) is 5.91 Å². The molecule has 149 heavy (non-hydrogen) atoms. The third kappa shape index (κ3) is 24.1. The average molecular weight is 2040 g/mol. The Morgan fingerprint density at radius 2 is 0.819 bits per heavy atom. The van der Waals surface area contributed by atoms with Crippen LogP contribution in [0.5, 0.6) is 0 Å². The predicted octanol–water partition coefficient (Wildman–Crippen LogP) is 26.7. The average Bonchev–Trinajstić information content (AvgIpc) is 0.723. The molecule has 5 aliphatic rings. The number of nitrogens with one attached hydrogen (secondary N) is 10. The van der Waals surface area contributed by atoms with Gasteiger partial charge in [-0.15, -0.1) is 0 Å². The number of carbonyl (C=O) groups is 11. The van der Waals surface area contributed by atoms with Crippen molar-refractivity contribution in [1.29, 1.82) is 5.41 Å². The van der Waals surface area contributed by atoms with Crippen LogP contribution in [-0.4, -0.2) is 109 Å². The SMILES string of the molecule is CCC(C)(C)C(=O)OCc1ccc(Nc2cc(NC(=O)c3cc(Cl)ccc3Cl)c3c4c2NC=NC4c2ccccc2C3=O)cc1.CCC(C)(C)C(=O)OCc1ccc(Nc2ccc(Nc3ccc(C)cc3)c3c2C(=O)c2ccccc2C3=O)cc1.CCC(C)OC(=O)Cc1ccc(Nc2ccc(NC)c3c2C(=O)c2ccccc2C3=O)cc1.CCCCCNc1ccc(NCC(=N)OC(C)CC)c2c1C(=O)c1ccccc1C2=O. The minimum atomic E-state index is -0.545. The Morgan fingerprint density at radius 3 is 1.26 bits per heavy atom. The minimum absolute atomic E-state index is 0.0481. The van der Waals surface area contributed by atoms with Gasteiger partial charge >= 0.3 is 17.9 Å². The first-order chi connectivity index (χ1) is 71.6. The number of amides is 1. The summed E-state index contributed by atoms with van der Waals surface area (Å²) in [7, 11) is 1.73. The third-order valence-electron chi connectivity index (χ3n) is 27.1. The van der Waals surface area contributed by atoms with Gasteiger partial charge in [0.05, 0.1) is 126 Å². The standard InChI is InChI=1S/C35H30Cl2N4O4.C34H32N2O4.C27H26N2O4.C25H31N3O3/c1-4-35(2,3)34(44)45-17-19-9-12-21(13-10-19)40-27-16-26(41-33(43)24-15-20(36)11-14-25(24)37)28-29-30(38-18-39-31(27)29)22-7-5-6-8-23(22)32(28)42;1-5-34(3,4)33(39)40-20-22-12-16-24(17-13-22)36-28-19-18-27(35-23-14-10-21(2)11-15-23)29-30(28)32(38)26-9-7-6-8-25(26)31(29)37;1-4-16(2)33-23(30)15-17-9-11-18(12-10-17)29-22-14-13-21(28-3)24-25(22)27(32)20-8-6-5-7-19(20)26(24)31;1-4-6-9-14-27-19-12-13-20(28-15-21(26)31-16(3)5-2)23-22(19)24(29)17-10-7-8-11-18(17)25(23)30/h5-16,18,30,40H,4,17H2,1-3H3,(H,38,39)(H,41,43);6-19,35-36H,5,20H2,1-4H3;5-14,16,28-29H,4,15H2,1-3H3;7-8,10-13,16,26-28H,4-6,9,14-15H2,1-3H3. The van der Waals surface area contributed by atoms with Crippen LogP contribution in [0.2, 0.25) is 10.0 Å². The fourth-order valence-corrected chi connectivity index (χ4v) is 17.8. The maximum absolute atomic E-state index is 14.0. The Kier molecular flexibility index (Phi) is 34.0. The lowest BCUT2D eigenvalue weighted by Gasteiger charge is -2.32. The first-order valence-electron chi connectivity index (χ1n) is 50.0. The molecule has 0 radical (unpaired) electrons. The summed E-state index contributed by atoms with van der Waals surface area (Å²) < 4.78 is 21.9. The van der Waals surface area contributed by atoms with Gasteiger partial charge in [0.1, 0.15) is 19.3 Å². The van der Waals surface area contributed by atoms with Crippen molar-refractivity contribution in [2.24, 2.45) is 15.8 Å².